The maximum absolute atomic E-state index is 12.6. The van der Waals surface area contributed by atoms with Crippen molar-refractivity contribution in [2.45, 2.75) is 40.5 Å². The number of hydrogen-bond acceptors (Lipinski definition) is 3. The van der Waals surface area contributed by atoms with Crippen molar-refractivity contribution in [1.82, 2.24) is 14.0 Å². The van der Waals surface area contributed by atoms with Crippen molar-refractivity contribution in [3.05, 3.63) is 38.7 Å². The first-order valence-corrected chi connectivity index (χ1v) is 8.87. The van der Waals surface area contributed by atoms with Gasteiger partial charge in [0.2, 0.25) is 5.91 Å². The van der Waals surface area contributed by atoms with Crippen LogP contribution in [0.1, 0.15) is 46.1 Å². The lowest BCUT2D eigenvalue weighted by atomic mass is 10.1. The molecule has 0 atom stereocenters. The number of nitrogens with zero attached hydrogens (tertiary/aromatic N) is 3. The van der Waals surface area contributed by atoms with Gasteiger partial charge in [0.25, 0.3) is 5.56 Å². The van der Waals surface area contributed by atoms with Gasteiger partial charge in [-0.25, -0.2) is 4.79 Å². The minimum atomic E-state index is -0.400. The van der Waals surface area contributed by atoms with Crippen LogP contribution in [0.25, 0.3) is 6.08 Å². The highest BCUT2D eigenvalue weighted by molar-refractivity contribution is 5.91. The van der Waals surface area contributed by atoms with Gasteiger partial charge in [-0.1, -0.05) is 27.7 Å². The number of aryl methyl sites for hydroxylation is 1. The number of amides is 1. The van der Waals surface area contributed by atoms with Crippen molar-refractivity contribution in [2.24, 2.45) is 25.9 Å². The summed E-state index contributed by atoms with van der Waals surface area (Å²) in [5.74, 6) is 0.945. The molecule has 0 aliphatic carbocycles. The SMILES string of the molecule is CC(C)CCN(CCC(C)C)C(=O)C=Cc1cn(C)c(=O)n(C)c1=O. The highest BCUT2D eigenvalue weighted by atomic mass is 16.2. The third-order valence-corrected chi connectivity index (χ3v) is 4.14. The second-order valence-corrected chi connectivity index (χ2v) is 7.37. The van der Waals surface area contributed by atoms with E-state index in [0.717, 1.165) is 17.4 Å². The summed E-state index contributed by atoms with van der Waals surface area (Å²) in [6, 6.07) is 0. The zero-order valence-corrected chi connectivity index (χ0v) is 16.3. The molecule has 0 saturated carbocycles. The third-order valence-electron chi connectivity index (χ3n) is 4.14. The standard InChI is InChI=1S/C19H31N3O3/c1-14(2)9-11-22(12-10-15(3)4)17(23)8-7-16-13-20(5)19(25)21(6)18(16)24/h7-8,13-15H,9-12H2,1-6H3. The van der Waals surface area contributed by atoms with Gasteiger partial charge < -0.3 is 9.47 Å². The predicted molar refractivity (Wildman–Crippen MR) is 101 cm³/mol. The average molecular weight is 349 g/mol. The first-order chi connectivity index (χ1) is 11.6. The Kier molecular flexibility index (Phi) is 7.87. The van der Waals surface area contributed by atoms with E-state index in [1.54, 1.807) is 7.05 Å². The van der Waals surface area contributed by atoms with Crippen LogP contribution in [0.5, 0.6) is 0 Å². The van der Waals surface area contributed by atoms with Gasteiger partial charge in [-0.15, -0.1) is 0 Å². The van der Waals surface area contributed by atoms with Crippen molar-refractivity contribution >= 4 is 12.0 Å². The van der Waals surface area contributed by atoms with Crippen molar-refractivity contribution in [3.8, 4) is 0 Å². The van der Waals surface area contributed by atoms with Crippen LogP contribution in [0.15, 0.2) is 21.9 Å². The van der Waals surface area contributed by atoms with E-state index in [-0.39, 0.29) is 11.6 Å². The Labute approximate surface area is 149 Å². The van der Waals surface area contributed by atoms with Gasteiger partial charge in [0.1, 0.15) is 0 Å². The molecular weight excluding hydrogens is 318 g/mol. The molecule has 140 valence electrons. The minimum absolute atomic E-state index is 0.0998. The molecule has 25 heavy (non-hydrogen) atoms. The number of aromatic nitrogens is 2. The molecule has 0 aromatic carbocycles. The summed E-state index contributed by atoms with van der Waals surface area (Å²) in [5.41, 5.74) is -0.461. The van der Waals surface area contributed by atoms with Gasteiger partial charge in [-0.05, 0) is 30.8 Å². The molecule has 0 spiro atoms. The van der Waals surface area contributed by atoms with E-state index in [9.17, 15) is 14.4 Å². The number of rotatable bonds is 8. The maximum Gasteiger partial charge on any atom is 0.330 e. The quantitative estimate of drug-likeness (QED) is 0.675. The van der Waals surface area contributed by atoms with Crippen molar-refractivity contribution in [1.29, 1.82) is 0 Å². The molecule has 1 aromatic heterocycles. The summed E-state index contributed by atoms with van der Waals surface area (Å²) < 4.78 is 2.38. The molecule has 0 N–H and O–H groups in total. The van der Waals surface area contributed by atoms with E-state index in [4.69, 9.17) is 0 Å². The van der Waals surface area contributed by atoms with Gasteiger partial charge in [0.15, 0.2) is 0 Å². The number of hydrogen-bond donors (Lipinski definition) is 0. The normalized spacial score (nSPS) is 11.7. The van der Waals surface area contributed by atoms with Crippen LogP contribution in [-0.2, 0) is 18.9 Å². The van der Waals surface area contributed by atoms with E-state index >= 15 is 0 Å². The summed E-state index contributed by atoms with van der Waals surface area (Å²) in [7, 11) is 3.01. The molecule has 1 amide bonds. The Morgan fingerprint density at radius 3 is 2.08 bits per heavy atom. The van der Waals surface area contributed by atoms with Crippen LogP contribution < -0.4 is 11.2 Å². The molecule has 0 bridgehead atoms. The summed E-state index contributed by atoms with van der Waals surface area (Å²) in [6.45, 7) is 9.95. The molecule has 6 nitrogen and oxygen atoms in total. The smallest absolute Gasteiger partial charge is 0.330 e. The highest BCUT2D eigenvalue weighted by Gasteiger charge is 2.12. The lowest BCUT2D eigenvalue weighted by Crippen LogP contribution is -2.37. The second-order valence-electron chi connectivity index (χ2n) is 7.37. The topological polar surface area (TPSA) is 64.3 Å². The molecule has 0 radical (unpaired) electrons. The second kappa shape index (κ2) is 9.39. The molecule has 0 unspecified atom stereocenters. The summed E-state index contributed by atoms with van der Waals surface area (Å²) in [4.78, 5) is 38.2. The Morgan fingerprint density at radius 1 is 1.08 bits per heavy atom. The monoisotopic (exact) mass is 349 g/mol. The molecule has 0 aliphatic rings. The largest absolute Gasteiger partial charge is 0.339 e. The highest BCUT2D eigenvalue weighted by Crippen LogP contribution is 2.08. The molecule has 0 aliphatic heterocycles. The summed E-state index contributed by atoms with van der Waals surface area (Å²) >= 11 is 0. The summed E-state index contributed by atoms with van der Waals surface area (Å²) in [6.07, 6.45) is 6.28. The zero-order valence-electron chi connectivity index (χ0n) is 16.3. The molecule has 6 heteroatoms. The van der Waals surface area contributed by atoms with Crippen molar-refractivity contribution in [2.75, 3.05) is 13.1 Å². The lowest BCUT2D eigenvalue weighted by Gasteiger charge is -2.23. The lowest BCUT2D eigenvalue weighted by molar-refractivity contribution is -0.126. The van der Waals surface area contributed by atoms with Gasteiger partial charge in [0, 0.05) is 39.5 Å². The van der Waals surface area contributed by atoms with Crippen LogP contribution in [0.3, 0.4) is 0 Å². The Balaban J connectivity index is 2.96. The fraction of sp³-hybridized carbons (Fsp3) is 0.632. The predicted octanol–water partition coefficient (Wildman–Crippen LogP) is 2.02. The van der Waals surface area contributed by atoms with Crippen LogP contribution in [0, 0.1) is 11.8 Å². The van der Waals surface area contributed by atoms with E-state index in [2.05, 4.69) is 27.7 Å². The molecule has 0 saturated heterocycles. The Hall–Kier alpha value is -2.11. The fourth-order valence-electron chi connectivity index (χ4n) is 2.38. The van der Waals surface area contributed by atoms with Crippen LogP contribution in [0.4, 0.5) is 0 Å². The van der Waals surface area contributed by atoms with E-state index in [1.165, 1.54) is 30.0 Å². The van der Waals surface area contributed by atoms with Gasteiger partial charge in [-0.3, -0.25) is 14.2 Å². The van der Waals surface area contributed by atoms with Gasteiger partial charge >= 0.3 is 5.69 Å². The fourth-order valence-corrected chi connectivity index (χ4v) is 2.38. The van der Waals surface area contributed by atoms with Crippen LogP contribution >= 0.6 is 0 Å². The molecular formula is C19H31N3O3. The van der Waals surface area contributed by atoms with E-state index in [1.807, 2.05) is 4.90 Å². The van der Waals surface area contributed by atoms with E-state index < -0.39 is 5.56 Å². The van der Waals surface area contributed by atoms with Gasteiger partial charge in [0.05, 0.1) is 5.56 Å². The average Bonchev–Trinajstić information content (AvgIpc) is 2.54. The third kappa shape index (κ3) is 6.36. The molecule has 1 heterocycles. The molecule has 1 aromatic rings. The van der Waals surface area contributed by atoms with E-state index in [0.29, 0.717) is 30.5 Å². The number of carbonyl (C=O) groups excluding carboxylic acids is 1. The van der Waals surface area contributed by atoms with Gasteiger partial charge in [-0.2, -0.15) is 0 Å². The molecule has 0 fully saturated rings. The number of carbonyl (C=O) groups is 1. The first-order valence-electron chi connectivity index (χ1n) is 8.87. The zero-order chi connectivity index (χ0) is 19.1. The van der Waals surface area contributed by atoms with Crippen molar-refractivity contribution < 1.29 is 4.79 Å². The Morgan fingerprint density at radius 2 is 1.60 bits per heavy atom. The van der Waals surface area contributed by atoms with Crippen molar-refractivity contribution in [3.63, 3.8) is 0 Å². The van der Waals surface area contributed by atoms with Crippen LogP contribution in [0.2, 0.25) is 0 Å². The molecule has 1 rings (SSSR count). The summed E-state index contributed by atoms with van der Waals surface area (Å²) in [5, 5.41) is 0. The minimum Gasteiger partial charge on any atom is -0.339 e. The maximum atomic E-state index is 12.6. The first kappa shape index (κ1) is 20.9. The Bertz CT molecular complexity index is 714. The van der Waals surface area contributed by atoms with Crippen LogP contribution in [-0.4, -0.2) is 33.0 Å².